The van der Waals surface area contributed by atoms with Crippen LogP contribution in [0.5, 0.6) is 5.75 Å². The van der Waals surface area contributed by atoms with E-state index in [9.17, 15) is 4.39 Å². The van der Waals surface area contributed by atoms with Gasteiger partial charge >= 0.3 is 0 Å². The van der Waals surface area contributed by atoms with E-state index < -0.39 is 5.82 Å². The molecule has 0 aliphatic heterocycles. The van der Waals surface area contributed by atoms with Gasteiger partial charge in [-0.2, -0.15) is 0 Å². The van der Waals surface area contributed by atoms with Crippen LogP contribution < -0.4 is 10.5 Å². The van der Waals surface area contributed by atoms with Crippen LogP contribution >= 0.6 is 0 Å². The van der Waals surface area contributed by atoms with Crippen molar-refractivity contribution in [1.29, 1.82) is 0 Å². The van der Waals surface area contributed by atoms with Gasteiger partial charge in [0.05, 0.1) is 13.1 Å². The number of benzene rings is 1. The number of halogens is 1. The first-order valence-corrected chi connectivity index (χ1v) is 6.29. The third kappa shape index (κ3) is 3.59. The van der Waals surface area contributed by atoms with Gasteiger partial charge < -0.3 is 15.0 Å². The molecule has 0 amide bonds. The van der Waals surface area contributed by atoms with Crippen molar-refractivity contribution in [2.45, 2.75) is 13.5 Å². The Labute approximate surface area is 117 Å². The summed E-state index contributed by atoms with van der Waals surface area (Å²) in [5.74, 6) is 6.28. The number of hydrogen-bond acceptors (Lipinski definition) is 3. The number of imidazole rings is 1. The Morgan fingerprint density at radius 3 is 3.00 bits per heavy atom. The summed E-state index contributed by atoms with van der Waals surface area (Å²) >= 11 is 0. The second kappa shape index (κ2) is 6.73. The van der Waals surface area contributed by atoms with Gasteiger partial charge in [0.25, 0.3) is 0 Å². The van der Waals surface area contributed by atoms with E-state index in [-0.39, 0.29) is 12.3 Å². The Morgan fingerprint density at radius 1 is 1.45 bits per heavy atom. The largest absolute Gasteiger partial charge is 0.489 e. The summed E-state index contributed by atoms with van der Waals surface area (Å²) in [4.78, 5) is 4.11. The molecular formula is C15H16FN3O. The molecule has 0 saturated carbocycles. The van der Waals surface area contributed by atoms with E-state index in [0.717, 1.165) is 5.82 Å². The van der Waals surface area contributed by atoms with Crippen LogP contribution in [0.4, 0.5) is 4.39 Å². The summed E-state index contributed by atoms with van der Waals surface area (Å²) < 4.78 is 21.0. The molecule has 0 bridgehead atoms. The lowest BCUT2D eigenvalue weighted by Gasteiger charge is -2.09. The number of nitrogens with two attached hydrogens (primary N) is 1. The molecule has 2 N–H and O–H groups in total. The molecule has 2 rings (SSSR count). The van der Waals surface area contributed by atoms with Gasteiger partial charge in [-0.05, 0) is 25.1 Å². The zero-order valence-electron chi connectivity index (χ0n) is 11.3. The molecule has 1 aromatic heterocycles. The molecule has 0 aliphatic carbocycles. The van der Waals surface area contributed by atoms with Gasteiger partial charge in [0.2, 0.25) is 0 Å². The zero-order chi connectivity index (χ0) is 14.4. The fourth-order valence-corrected chi connectivity index (χ4v) is 1.74. The lowest BCUT2D eigenvalue weighted by molar-refractivity contribution is 0.283. The third-order valence-corrected chi connectivity index (χ3v) is 2.78. The van der Waals surface area contributed by atoms with Crippen molar-refractivity contribution in [3.63, 3.8) is 0 Å². The van der Waals surface area contributed by atoms with Crippen molar-refractivity contribution in [2.24, 2.45) is 5.73 Å². The summed E-state index contributed by atoms with van der Waals surface area (Å²) in [6, 6.07) is 4.53. The Hall–Kier alpha value is -2.32. The van der Waals surface area contributed by atoms with E-state index in [1.165, 1.54) is 6.07 Å². The SMILES string of the molecule is Cc1nccn1CCOc1cc(C#CCN)ccc1F. The Bertz CT molecular complexity index is 640. The van der Waals surface area contributed by atoms with Gasteiger partial charge in [-0.15, -0.1) is 0 Å². The highest BCUT2D eigenvalue weighted by Crippen LogP contribution is 2.18. The van der Waals surface area contributed by atoms with E-state index in [1.807, 2.05) is 17.7 Å². The summed E-state index contributed by atoms with van der Waals surface area (Å²) in [7, 11) is 0. The highest BCUT2D eigenvalue weighted by Gasteiger charge is 2.04. The lowest BCUT2D eigenvalue weighted by atomic mass is 10.2. The van der Waals surface area contributed by atoms with E-state index in [1.54, 1.807) is 18.3 Å². The van der Waals surface area contributed by atoms with Crippen molar-refractivity contribution in [3.8, 4) is 17.6 Å². The number of hydrogen-bond donors (Lipinski definition) is 1. The second-order valence-electron chi connectivity index (χ2n) is 4.17. The number of nitrogens with zero attached hydrogens (tertiary/aromatic N) is 2. The van der Waals surface area contributed by atoms with Crippen LogP contribution in [0.25, 0.3) is 0 Å². The highest BCUT2D eigenvalue weighted by atomic mass is 19.1. The van der Waals surface area contributed by atoms with Gasteiger partial charge in [0.15, 0.2) is 11.6 Å². The Balaban J connectivity index is 2.00. The van der Waals surface area contributed by atoms with E-state index >= 15 is 0 Å². The minimum absolute atomic E-state index is 0.201. The highest BCUT2D eigenvalue weighted by molar-refractivity contribution is 5.40. The molecule has 104 valence electrons. The van der Waals surface area contributed by atoms with Crippen molar-refractivity contribution < 1.29 is 9.13 Å². The summed E-state index contributed by atoms with van der Waals surface area (Å²) in [6.45, 7) is 3.16. The molecule has 4 nitrogen and oxygen atoms in total. The van der Waals surface area contributed by atoms with Crippen molar-refractivity contribution >= 4 is 0 Å². The Morgan fingerprint density at radius 2 is 2.30 bits per heavy atom. The maximum atomic E-state index is 13.6. The first kappa shape index (κ1) is 14.1. The van der Waals surface area contributed by atoms with Crippen LogP contribution in [-0.2, 0) is 6.54 Å². The Kier molecular flexibility index (Phi) is 4.75. The maximum absolute atomic E-state index is 13.6. The van der Waals surface area contributed by atoms with Crippen molar-refractivity contribution in [1.82, 2.24) is 9.55 Å². The predicted molar refractivity (Wildman–Crippen MR) is 74.8 cm³/mol. The van der Waals surface area contributed by atoms with E-state index in [0.29, 0.717) is 18.7 Å². The monoisotopic (exact) mass is 273 g/mol. The average molecular weight is 273 g/mol. The molecule has 0 aliphatic rings. The molecule has 2 aromatic rings. The number of aryl methyl sites for hydroxylation is 1. The molecule has 0 fully saturated rings. The van der Waals surface area contributed by atoms with E-state index in [4.69, 9.17) is 10.5 Å². The van der Waals surface area contributed by atoms with Crippen LogP contribution in [0.2, 0.25) is 0 Å². The zero-order valence-corrected chi connectivity index (χ0v) is 11.3. The van der Waals surface area contributed by atoms with Crippen molar-refractivity contribution in [2.75, 3.05) is 13.2 Å². The third-order valence-electron chi connectivity index (χ3n) is 2.78. The molecule has 5 heteroatoms. The standard InChI is InChI=1S/C15H16FN3O/c1-12-18-7-8-19(12)9-10-20-15-11-13(3-2-6-17)4-5-14(15)16/h4-5,7-8,11H,6,9-10,17H2,1H3. The minimum atomic E-state index is -0.398. The molecular weight excluding hydrogens is 257 g/mol. The minimum Gasteiger partial charge on any atom is -0.489 e. The van der Waals surface area contributed by atoms with Gasteiger partial charge in [-0.25, -0.2) is 9.37 Å². The molecule has 1 aromatic carbocycles. The summed E-state index contributed by atoms with van der Waals surface area (Å²) in [5.41, 5.74) is 5.99. The molecule has 20 heavy (non-hydrogen) atoms. The van der Waals surface area contributed by atoms with Gasteiger partial charge in [0.1, 0.15) is 12.4 Å². The smallest absolute Gasteiger partial charge is 0.165 e. The molecule has 0 unspecified atom stereocenters. The lowest BCUT2D eigenvalue weighted by Crippen LogP contribution is -2.09. The average Bonchev–Trinajstić information content (AvgIpc) is 2.85. The first-order chi connectivity index (χ1) is 9.70. The molecule has 0 atom stereocenters. The second-order valence-corrected chi connectivity index (χ2v) is 4.17. The number of aromatic nitrogens is 2. The van der Waals surface area contributed by atoms with Crippen molar-refractivity contribution in [3.05, 3.63) is 47.8 Å². The van der Waals surface area contributed by atoms with E-state index in [2.05, 4.69) is 16.8 Å². The van der Waals surface area contributed by atoms with Crippen LogP contribution in [0, 0.1) is 24.6 Å². The van der Waals surface area contributed by atoms with Gasteiger partial charge in [0, 0.05) is 18.0 Å². The summed E-state index contributed by atoms with van der Waals surface area (Å²) in [5, 5.41) is 0. The van der Waals surface area contributed by atoms with Crippen LogP contribution in [0.15, 0.2) is 30.6 Å². The van der Waals surface area contributed by atoms with Gasteiger partial charge in [-0.3, -0.25) is 0 Å². The predicted octanol–water partition coefficient (Wildman–Crippen LogP) is 1.72. The number of rotatable bonds is 4. The normalized spacial score (nSPS) is 9.95. The topological polar surface area (TPSA) is 53.1 Å². The quantitative estimate of drug-likeness (QED) is 0.863. The molecule has 0 saturated heterocycles. The number of ether oxygens (including phenoxy) is 1. The fourth-order valence-electron chi connectivity index (χ4n) is 1.74. The van der Waals surface area contributed by atoms with Crippen LogP contribution in [0.3, 0.4) is 0 Å². The van der Waals surface area contributed by atoms with Crippen LogP contribution in [0.1, 0.15) is 11.4 Å². The van der Waals surface area contributed by atoms with Crippen LogP contribution in [-0.4, -0.2) is 22.7 Å². The molecule has 0 radical (unpaired) electrons. The first-order valence-electron chi connectivity index (χ1n) is 6.29. The summed E-state index contributed by atoms with van der Waals surface area (Å²) in [6.07, 6.45) is 3.58. The molecule has 1 heterocycles. The van der Waals surface area contributed by atoms with Gasteiger partial charge in [-0.1, -0.05) is 11.8 Å². The fraction of sp³-hybridized carbons (Fsp3) is 0.267. The molecule has 0 spiro atoms. The maximum Gasteiger partial charge on any atom is 0.165 e.